The number of alkyl halides is 1. The fraction of sp³-hybridized carbons (Fsp3) is 0.500. The lowest BCUT2D eigenvalue weighted by atomic mass is 9.83. The van der Waals surface area contributed by atoms with Gasteiger partial charge in [-0.2, -0.15) is 0 Å². The van der Waals surface area contributed by atoms with E-state index in [1.165, 1.54) is 4.57 Å². The van der Waals surface area contributed by atoms with E-state index in [0.717, 1.165) is 17.5 Å². The van der Waals surface area contributed by atoms with Crippen molar-refractivity contribution < 1.29 is 4.42 Å². The summed E-state index contributed by atoms with van der Waals surface area (Å²) in [6, 6.07) is 5.72. The molecule has 1 aromatic carbocycles. The molecule has 3 nitrogen and oxygen atoms in total. The van der Waals surface area contributed by atoms with E-state index < -0.39 is 0 Å². The average molecular weight is 268 g/mol. The quantitative estimate of drug-likeness (QED) is 0.792. The predicted octanol–water partition coefficient (Wildman–Crippen LogP) is 3.85. The maximum absolute atomic E-state index is 11.4. The van der Waals surface area contributed by atoms with E-state index >= 15 is 0 Å². The van der Waals surface area contributed by atoms with Gasteiger partial charge in [0.25, 0.3) is 0 Å². The van der Waals surface area contributed by atoms with E-state index in [1.807, 2.05) is 18.2 Å². The Bertz CT molecular complexity index is 624. The monoisotopic (exact) mass is 267 g/mol. The van der Waals surface area contributed by atoms with Crippen molar-refractivity contribution in [2.24, 2.45) is 12.5 Å². The number of aryl methyl sites for hydroxylation is 1. The second-order valence-electron chi connectivity index (χ2n) is 5.36. The Kier molecular flexibility index (Phi) is 3.28. The van der Waals surface area contributed by atoms with Crippen molar-refractivity contribution in [2.75, 3.05) is 0 Å². The highest BCUT2D eigenvalue weighted by Crippen LogP contribution is 2.41. The Morgan fingerprint density at radius 3 is 2.72 bits per heavy atom. The van der Waals surface area contributed by atoms with Crippen LogP contribution in [0.15, 0.2) is 27.4 Å². The van der Waals surface area contributed by atoms with Crippen LogP contribution in [0.5, 0.6) is 0 Å². The summed E-state index contributed by atoms with van der Waals surface area (Å²) in [7, 11) is 1.70. The van der Waals surface area contributed by atoms with Gasteiger partial charge >= 0.3 is 5.76 Å². The predicted molar refractivity (Wildman–Crippen MR) is 74.1 cm³/mol. The molecule has 0 radical (unpaired) electrons. The van der Waals surface area contributed by atoms with Crippen LogP contribution in [0.25, 0.3) is 11.1 Å². The largest absolute Gasteiger partial charge is 0.419 e. The van der Waals surface area contributed by atoms with Crippen LogP contribution in [0.3, 0.4) is 0 Å². The third-order valence-corrected chi connectivity index (χ3v) is 4.55. The first-order valence-corrected chi connectivity index (χ1v) is 6.54. The second-order valence-corrected chi connectivity index (χ2v) is 5.80. The molecule has 0 aliphatic heterocycles. The number of halogens is 1. The van der Waals surface area contributed by atoms with Crippen molar-refractivity contribution in [3.63, 3.8) is 0 Å². The van der Waals surface area contributed by atoms with E-state index in [2.05, 4.69) is 20.8 Å². The number of fused-ring (bicyclic) bond motifs is 1. The maximum atomic E-state index is 11.4. The van der Waals surface area contributed by atoms with E-state index in [0.29, 0.717) is 5.58 Å². The van der Waals surface area contributed by atoms with Crippen molar-refractivity contribution >= 4 is 22.7 Å². The van der Waals surface area contributed by atoms with Crippen molar-refractivity contribution in [3.05, 3.63) is 34.3 Å². The molecule has 0 N–H and O–H groups in total. The smallest absolute Gasteiger partial charge is 0.408 e. The molecule has 1 unspecified atom stereocenters. The summed E-state index contributed by atoms with van der Waals surface area (Å²) in [6.45, 7) is 6.39. The van der Waals surface area contributed by atoms with Gasteiger partial charge in [0, 0.05) is 7.05 Å². The molecule has 0 fully saturated rings. The minimum absolute atomic E-state index is 0.00427. The highest BCUT2D eigenvalue weighted by Gasteiger charge is 2.27. The molecular weight excluding hydrogens is 250 g/mol. The van der Waals surface area contributed by atoms with Gasteiger partial charge in [0.15, 0.2) is 5.58 Å². The fourth-order valence-electron chi connectivity index (χ4n) is 1.94. The molecule has 0 aliphatic rings. The Morgan fingerprint density at radius 2 is 2.11 bits per heavy atom. The summed E-state index contributed by atoms with van der Waals surface area (Å²) in [4.78, 5) is 11.4. The van der Waals surface area contributed by atoms with E-state index in [9.17, 15) is 4.79 Å². The van der Waals surface area contributed by atoms with Gasteiger partial charge in [-0.1, -0.05) is 26.8 Å². The Labute approximate surface area is 111 Å². The molecule has 2 rings (SSSR count). The van der Waals surface area contributed by atoms with E-state index in [4.69, 9.17) is 16.0 Å². The Morgan fingerprint density at radius 1 is 1.44 bits per heavy atom. The minimum atomic E-state index is -0.344. The van der Waals surface area contributed by atoms with Gasteiger partial charge < -0.3 is 4.42 Å². The van der Waals surface area contributed by atoms with Gasteiger partial charge in [-0.05, 0) is 29.5 Å². The van der Waals surface area contributed by atoms with Crippen LogP contribution in [0.4, 0.5) is 0 Å². The van der Waals surface area contributed by atoms with Gasteiger partial charge in [0.1, 0.15) is 0 Å². The molecule has 1 heterocycles. The van der Waals surface area contributed by atoms with Gasteiger partial charge in [0.2, 0.25) is 0 Å². The molecule has 1 aromatic heterocycles. The summed E-state index contributed by atoms with van der Waals surface area (Å²) in [5, 5.41) is -0.0996. The van der Waals surface area contributed by atoms with Gasteiger partial charge in [-0.15, -0.1) is 11.6 Å². The van der Waals surface area contributed by atoms with E-state index in [1.54, 1.807) is 7.05 Å². The topological polar surface area (TPSA) is 35.1 Å². The first-order chi connectivity index (χ1) is 8.36. The molecule has 0 amide bonds. The molecule has 0 spiro atoms. The lowest BCUT2D eigenvalue weighted by Gasteiger charge is -2.28. The number of aromatic nitrogens is 1. The molecule has 4 heteroatoms. The van der Waals surface area contributed by atoms with Crippen LogP contribution >= 0.6 is 11.6 Å². The number of hydrogen-bond donors (Lipinski definition) is 0. The third kappa shape index (κ3) is 2.07. The van der Waals surface area contributed by atoms with Gasteiger partial charge in [-0.25, -0.2) is 4.79 Å². The zero-order chi connectivity index (χ0) is 13.5. The van der Waals surface area contributed by atoms with Crippen LogP contribution < -0.4 is 5.76 Å². The highest BCUT2D eigenvalue weighted by atomic mass is 35.5. The molecule has 18 heavy (non-hydrogen) atoms. The summed E-state index contributed by atoms with van der Waals surface area (Å²) in [5.74, 6) is -0.344. The lowest BCUT2D eigenvalue weighted by Crippen LogP contribution is -2.16. The number of hydrogen-bond acceptors (Lipinski definition) is 2. The van der Waals surface area contributed by atoms with E-state index in [-0.39, 0.29) is 16.5 Å². The molecule has 2 aromatic rings. The summed E-state index contributed by atoms with van der Waals surface area (Å²) >= 11 is 6.52. The van der Waals surface area contributed by atoms with Crippen LogP contribution in [-0.4, -0.2) is 4.57 Å². The molecular formula is C14H18ClNO2. The summed E-state index contributed by atoms with van der Waals surface area (Å²) in [5.41, 5.74) is 2.38. The second kappa shape index (κ2) is 4.47. The minimum Gasteiger partial charge on any atom is -0.408 e. The van der Waals surface area contributed by atoms with Crippen molar-refractivity contribution in [1.82, 2.24) is 4.57 Å². The summed E-state index contributed by atoms with van der Waals surface area (Å²) < 4.78 is 6.68. The van der Waals surface area contributed by atoms with Crippen molar-refractivity contribution in [2.45, 2.75) is 32.6 Å². The van der Waals surface area contributed by atoms with Crippen molar-refractivity contribution in [1.29, 1.82) is 0 Å². The van der Waals surface area contributed by atoms with Crippen LogP contribution in [-0.2, 0) is 7.05 Å². The van der Waals surface area contributed by atoms with Crippen LogP contribution in [0, 0.1) is 5.41 Å². The SMILES string of the molecule is CCC(C)(C)C(Cl)c1ccc2c(c1)oc(=O)n2C. The Balaban J connectivity index is 2.51. The molecule has 0 saturated heterocycles. The van der Waals surface area contributed by atoms with Gasteiger partial charge in [-0.3, -0.25) is 4.57 Å². The number of nitrogens with zero attached hydrogens (tertiary/aromatic N) is 1. The van der Waals surface area contributed by atoms with Gasteiger partial charge in [0.05, 0.1) is 10.9 Å². The standard InChI is InChI=1S/C14H18ClNO2/c1-5-14(2,3)12(15)9-6-7-10-11(8-9)18-13(17)16(10)4/h6-8,12H,5H2,1-4H3. The van der Waals surface area contributed by atoms with Crippen molar-refractivity contribution in [3.8, 4) is 0 Å². The molecule has 0 bridgehead atoms. The molecule has 1 atom stereocenters. The molecule has 98 valence electrons. The van der Waals surface area contributed by atoms with Crippen LogP contribution in [0.1, 0.15) is 38.1 Å². The first kappa shape index (κ1) is 13.2. The molecule has 0 saturated carbocycles. The lowest BCUT2D eigenvalue weighted by molar-refractivity contribution is 0.336. The fourth-order valence-corrected chi connectivity index (χ4v) is 2.23. The van der Waals surface area contributed by atoms with Crippen LogP contribution in [0.2, 0.25) is 0 Å². The average Bonchev–Trinajstić information content (AvgIpc) is 2.63. The first-order valence-electron chi connectivity index (χ1n) is 6.10. The zero-order valence-electron chi connectivity index (χ0n) is 11.2. The number of benzene rings is 1. The Hall–Kier alpha value is -1.22. The summed E-state index contributed by atoms with van der Waals surface area (Å²) in [6.07, 6.45) is 0.984. The highest BCUT2D eigenvalue weighted by molar-refractivity contribution is 6.21. The zero-order valence-corrected chi connectivity index (χ0v) is 11.9. The third-order valence-electron chi connectivity index (χ3n) is 3.71. The number of rotatable bonds is 3. The maximum Gasteiger partial charge on any atom is 0.419 e. The normalized spacial score (nSPS) is 14.1. The number of oxazole rings is 1. The molecule has 0 aliphatic carbocycles.